The molecule has 192 valence electrons. The van der Waals surface area contributed by atoms with Crippen molar-refractivity contribution in [1.29, 1.82) is 0 Å². The van der Waals surface area contributed by atoms with E-state index in [0.717, 1.165) is 46.8 Å². The van der Waals surface area contributed by atoms with Crippen molar-refractivity contribution < 1.29 is 18.0 Å². The molecule has 6 nitrogen and oxygen atoms in total. The average molecular weight is 518 g/mol. The van der Waals surface area contributed by atoms with Gasteiger partial charge in [0.2, 0.25) is 0 Å². The molecule has 0 unspecified atom stereocenters. The van der Waals surface area contributed by atoms with Crippen LogP contribution in [0.5, 0.6) is 0 Å². The first-order chi connectivity index (χ1) is 17.2. The summed E-state index contributed by atoms with van der Waals surface area (Å²) < 4.78 is 42.4. The molecule has 0 fully saturated rings. The number of amides is 1. The summed E-state index contributed by atoms with van der Waals surface area (Å²) in [6.45, 7) is 7.85. The van der Waals surface area contributed by atoms with Gasteiger partial charge in [0.25, 0.3) is 5.91 Å². The van der Waals surface area contributed by atoms with E-state index in [1.165, 1.54) is 30.5 Å². The van der Waals surface area contributed by atoms with Crippen LogP contribution in [-0.2, 0) is 0 Å². The summed E-state index contributed by atoms with van der Waals surface area (Å²) in [5.41, 5.74) is 3.10. The van der Waals surface area contributed by atoms with Crippen molar-refractivity contribution in [2.75, 3.05) is 33.2 Å². The number of hydrogen-bond donors (Lipinski definition) is 2. The molecule has 0 aliphatic carbocycles. The fraction of sp³-hybridized carbons (Fsp3) is 0.385. The first-order valence-corrected chi connectivity index (χ1v) is 12.8. The van der Waals surface area contributed by atoms with Crippen LogP contribution < -0.4 is 10.6 Å². The number of aromatic nitrogens is 2. The van der Waals surface area contributed by atoms with Crippen LogP contribution in [-0.4, -0.2) is 59.6 Å². The van der Waals surface area contributed by atoms with E-state index in [9.17, 15) is 18.0 Å². The maximum Gasteiger partial charge on any atom is 0.407 e. The smallest absolute Gasteiger partial charge is 0.352 e. The van der Waals surface area contributed by atoms with E-state index >= 15 is 0 Å². The fourth-order valence-electron chi connectivity index (χ4n) is 4.29. The van der Waals surface area contributed by atoms with Gasteiger partial charge in [0, 0.05) is 23.9 Å². The van der Waals surface area contributed by atoms with Crippen molar-refractivity contribution >= 4 is 32.4 Å². The van der Waals surface area contributed by atoms with Crippen LogP contribution in [0.15, 0.2) is 48.7 Å². The predicted octanol–water partition coefficient (Wildman–Crippen LogP) is 5.50. The number of hydrogen-bond acceptors (Lipinski definition) is 5. The summed E-state index contributed by atoms with van der Waals surface area (Å²) in [5, 5.41) is 5.31. The van der Waals surface area contributed by atoms with E-state index in [1.807, 2.05) is 22.7 Å². The molecule has 0 aliphatic rings. The van der Waals surface area contributed by atoms with Crippen LogP contribution in [0.3, 0.4) is 0 Å². The summed E-state index contributed by atoms with van der Waals surface area (Å²) in [5.74, 6) is -0.0954. The molecule has 2 N–H and O–H groups in total. The molecule has 0 bridgehead atoms. The lowest BCUT2D eigenvalue weighted by Crippen LogP contribution is -2.31. The molecule has 0 aliphatic heterocycles. The highest BCUT2D eigenvalue weighted by Gasteiger charge is 2.39. The van der Waals surface area contributed by atoms with E-state index in [-0.39, 0.29) is 11.5 Å². The third-order valence-corrected chi connectivity index (χ3v) is 7.36. The Bertz CT molecular complexity index is 1330. The Morgan fingerprint density at radius 2 is 1.86 bits per heavy atom. The monoisotopic (exact) mass is 517 g/mol. The minimum Gasteiger partial charge on any atom is -0.352 e. The van der Waals surface area contributed by atoms with Gasteiger partial charge >= 0.3 is 6.18 Å². The molecular formula is C26H30F3N5OS. The number of alkyl halides is 3. The molecule has 0 saturated heterocycles. The number of thiazole rings is 1. The second-order valence-electron chi connectivity index (χ2n) is 8.58. The third-order valence-electron chi connectivity index (χ3n) is 6.34. The molecule has 4 aromatic rings. The number of fused-ring (bicyclic) bond motifs is 3. The van der Waals surface area contributed by atoms with Crippen molar-refractivity contribution in [3.8, 4) is 11.3 Å². The summed E-state index contributed by atoms with van der Waals surface area (Å²) in [7, 11) is 1.29. The lowest BCUT2D eigenvalue weighted by molar-refractivity contribution is -0.156. The molecule has 1 atom stereocenters. The third kappa shape index (κ3) is 5.55. The van der Waals surface area contributed by atoms with Crippen LogP contribution in [0, 0.1) is 0 Å². The summed E-state index contributed by atoms with van der Waals surface area (Å²) in [6, 6.07) is 10.1. The molecule has 0 radical (unpaired) electrons. The van der Waals surface area contributed by atoms with Gasteiger partial charge in [0.05, 0.1) is 15.9 Å². The van der Waals surface area contributed by atoms with Crippen LogP contribution >= 0.6 is 11.3 Å². The second-order valence-corrected chi connectivity index (χ2v) is 9.59. The normalized spacial score (nSPS) is 13.1. The molecule has 1 amide bonds. The number of carbonyl (C=O) groups is 1. The Hall–Kier alpha value is -2.95. The number of nitrogens with one attached hydrogen (secondary N) is 2. The summed E-state index contributed by atoms with van der Waals surface area (Å²) >= 11 is 1.47. The molecule has 0 saturated carbocycles. The minimum atomic E-state index is -4.37. The highest BCUT2D eigenvalue weighted by Crippen LogP contribution is 2.34. The van der Waals surface area contributed by atoms with Crippen LogP contribution in [0.1, 0.15) is 42.2 Å². The molecular weight excluding hydrogens is 487 g/mol. The Morgan fingerprint density at radius 3 is 2.50 bits per heavy atom. The van der Waals surface area contributed by atoms with Gasteiger partial charge in [-0.25, -0.2) is 4.98 Å². The predicted molar refractivity (Wildman–Crippen MR) is 139 cm³/mol. The molecule has 2 heterocycles. The standard InChI is InChI=1S/C26H30F3N5OS/c1-4-33(5-2)14-6-13-31-24(35)19-11-12-21-22(15-19)36-25-32-20(16-34(21)25)17-7-9-18(10-8-17)23(30-3)26(27,28)29/h7-12,15-16,23,30H,4-6,13-14H2,1-3H3,(H,31,35)/t23-/m1/s1. The molecule has 0 spiro atoms. The SMILES string of the molecule is CCN(CC)CCCNC(=O)c1ccc2c(c1)sc1nc(-c3ccc([C@@H](NC)C(F)(F)F)cc3)cn12. The Balaban J connectivity index is 1.48. The van der Waals surface area contributed by atoms with E-state index in [2.05, 4.69) is 34.4 Å². The topological polar surface area (TPSA) is 61.7 Å². The van der Waals surface area contributed by atoms with Crippen molar-refractivity contribution in [2.45, 2.75) is 32.5 Å². The van der Waals surface area contributed by atoms with E-state index < -0.39 is 12.2 Å². The Kier molecular flexibility index (Phi) is 7.97. The number of carbonyl (C=O) groups excluding carboxylic acids is 1. The first kappa shape index (κ1) is 26.1. The Labute approximate surface area is 212 Å². The van der Waals surface area contributed by atoms with Gasteiger partial charge in [-0.05, 0) is 56.9 Å². The van der Waals surface area contributed by atoms with Crippen LogP contribution in [0.4, 0.5) is 13.2 Å². The maximum atomic E-state index is 13.2. The van der Waals surface area contributed by atoms with E-state index in [1.54, 1.807) is 18.2 Å². The van der Waals surface area contributed by atoms with Gasteiger partial charge in [-0.1, -0.05) is 49.4 Å². The van der Waals surface area contributed by atoms with Gasteiger partial charge < -0.3 is 15.5 Å². The molecule has 4 rings (SSSR count). The Morgan fingerprint density at radius 1 is 1.14 bits per heavy atom. The lowest BCUT2D eigenvalue weighted by Gasteiger charge is -2.20. The average Bonchev–Trinajstić information content (AvgIpc) is 3.41. The fourth-order valence-corrected chi connectivity index (χ4v) is 5.34. The van der Waals surface area contributed by atoms with Crippen LogP contribution in [0.25, 0.3) is 26.4 Å². The highest BCUT2D eigenvalue weighted by molar-refractivity contribution is 7.23. The van der Waals surface area contributed by atoms with Gasteiger partial charge in [0.15, 0.2) is 4.96 Å². The number of benzene rings is 2. The van der Waals surface area contributed by atoms with Gasteiger partial charge in [-0.2, -0.15) is 13.2 Å². The zero-order valence-corrected chi connectivity index (χ0v) is 21.3. The molecule has 36 heavy (non-hydrogen) atoms. The zero-order chi connectivity index (χ0) is 25.9. The molecule has 2 aromatic carbocycles. The number of halogens is 3. The molecule has 10 heteroatoms. The van der Waals surface area contributed by atoms with Crippen LogP contribution in [0.2, 0.25) is 0 Å². The van der Waals surface area contributed by atoms with Crippen molar-refractivity contribution in [1.82, 2.24) is 24.9 Å². The number of rotatable bonds is 10. The van der Waals surface area contributed by atoms with E-state index in [0.29, 0.717) is 17.8 Å². The maximum absolute atomic E-state index is 13.2. The van der Waals surface area contributed by atoms with Gasteiger partial charge in [-0.15, -0.1) is 0 Å². The largest absolute Gasteiger partial charge is 0.407 e. The van der Waals surface area contributed by atoms with Gasteiger partial charge in [0.1, 0.15) is 6.04 Å². The quantitative estimate of drug-likeness (QED) is 0.273. The van der Waals surface area contributed by atoms with E-state index in [4.69, 9.17) is 0 Å². The second kappa shape index (κ2) is 11.0. The highest BCUT2D eigenvalue weighted by atomic mass is 32.1. The number of imidazole rings is 1. The van der Waals surface area contributed by atoms with Crippen molar-refractivity contribution in [3.63, 3.8) is 0 Å². The minimum absolute atomic E-state index is 0.0954. The molecule has 2 aromatic heterocycles. The lowest BCUT2D eigenvalue weighted by atomic mass is 10.0. The summed E-state index contributed by atoms with van der Waals surface area (Å²) in [4.78, 5) is 20.4. The van der Waals surface area contributed by atoms with Crippen molar-refractivity contribution in [3.05, 3.63) is 59.8 Å². The summed E-state index contributed by atoms with van der Waals surface area (Å²) in [6.07, 6.45) is -1.60. The van der Waals surface area contributed by atoms with Gasteiger partial charge in [-0.3, -0.25) is 9.20 Å². The van der Waals surface area contributed by atoms with Crippen molar-refractivity contribution in [2.24, 2.45) is 0 Å². The number of nitrogens with zero attached hydrogens (tertiary/aromatic N) is 3. The zero-order valence-electron chi connectivity index (χ0n) is 20.5. The first-order valence-electron chi connectivity index (χ1n) is 12.0.